The van der Waals surface area contributed by atoms with E-state index in [0.29, 0.717) is 12.8 Å². The second-order valence-corrected chi connectivity index (χ2v) is 9.59. The number of ether oxygens (including phenoxy) is 3. The Labute approximate surface area is 175 Å². The number of fused-ring (bicyclic) bond motifs is 2. The van der Waals surface area contributed by atoms with Gasteiger partial charge in [0.25, 0.3) is 0 Å². The molecular weight excluding hydrogens is 396 g/mol. The van der Waals surface area contributed by atoms with Crippen molar-refractivity contribution in [2.24, 2.45) is 23.7 Å². The van der Waals surface area contributed by atoms with Crippen LogP contribution in [0.25, 0.3) is 0 Å². The maximum atomic E-state index is 12.0. The highest BCUT2D eigenvalue weighted by Crippen LogP contribution is 2.54. The molecule has 2 saturated carbocycles. The number of hydrogen-bond acceptors (Lipinski definition) is 9. The smallest absolute Gasteiger partial charge is 0.309 e. The van der Waals surface area contributed by atoms with Crippen LogP contribution in [0.15, 0.2) is 12.2 Å². The molecule has 2 saturated heterocycles. The van der Waals surface area contributed by atoms with E-state index in [-0.39, 0.29) is 42.2 Å². The van der Waals surface area contributed by atoms with Crippen molar-refractivity contribution in [2.45, 2.75) is 81.6 Å². The molecular formula is C21H32O9. The largest absolute Gasteiger partial charge is 0.461 e. The Morgan fingerprint density at radius 1 is 1.23 bits per heavy atom. The van der Waals surface area contributed by atoms with E-state index in [1.807, 2.05) is 6.92 Å². The van der Waals surface area contributed by atoms with E-state index < -0.39 is 49.0 Å². The van der Waals surface area contributed by atoms with Gasteiger partial charge in [-0.1, -0.05) is 19.1 Å². The van der Waals surface area contributed by atoms with E-state index in [0.717, 1.165) is 5.57 Å². The predicted molar refractivity (Wildman–Crippen MR) is 102 cm³/mol. The predicted octanol–water partition coefficient (Wildman–Crippen LogP) is -0.914. The summed E-state index contributed by atoms with van der Waals surface area (Å²) in [5, 5.41) is 51.0. The van der Waals surface area contributed by atoms with Crippen LogP contribution in [0.1, 0.15) is 33.1 Å². The first-order chi connectivity index (χ1) is 14.0. The van der Waals surface area contributed by atoms with Crippen molar-refractivity contribution < 1.29 is 44.5 Å². The Hall–Kier alpha value is -1.07. The molecule has 30 heavy (non-hydrogen) atoms. The van der Waals surface area contributed by atoms with E-state index in [4.69, 9.17) is 14.2 Å². The Kier molecular flexibility index (Phi) is 5.76. The summed E-state index contributed by atoms with van der Waals surface area (Å²) in [6, 6.07) is 0. The molecule has 9 heteroatoms. The van der Waals surface area contributed by atoms with Crippen molar-refractivity contribution >= 4 is 5.97 Å². The third kappa shape index (κ3) is 3.50. The van der Waals surface area contributed by atoms with Crippen LogP contribution in [0.3, 0.4) is 0 Å². The van der Waals surface area contributed by atoms with Crippen LogP contribution >= 0.6 is 0 Å². The second-order valence-electron chi connectivity index (χ2n) is 9.59. The van der Waals surface area contributed by atoms with Gasteiger partial charge in [0, 0.05) is 24.7 Å². The van der Waals surface area contributed by atoms with E-state index in [1.165, 1.54) is 0 Å². The van der Waals surface area contributed by atoms with Crippen LogP contribution in [0.4, 0.5) is 0 Å². The summed E-state index contributed by atoms with van der Waals surface area (Å²) >= 11 is 0. The van der Waals surface area contributed by atoms with Crippen molar-refractivity contribution in [3.8, 4) is 0 Å². The molecule has 0 aromatic carbocycles. The number of esters is 1. The molecule has 0 aromatic rings. The van der Waals surface area contributed by atoms with Gasteiger partial charge in [0.05, 0.1) is 24.2 Å². The first kappa shape index (κ1) is 22.1. The Bertz CT molecular complexity index is 692. The number of carbonyl (C=O) groups is 1. The molecule has 0 radical (unpaired) electrons. The van der Waals surface area contributed by atoms with Crippen molar-refractivity contribution in [1.29, 1.82) is 0 Å². The highest BCUT2D eigenvalue weighted by molar-refractivity contribution is 5.75. The average molecular weight is 428 g/mol. The van der Waals surface area contributed by atoms with Gasteiger partial charge in [0.2, 0.25) is 0 Å². The molecule has 2 heterocycles. The Balaban J connectivity index is 1.56. The number of rotatable bonds is 3. The van der Waals surface area contributed by atoms with E-state index in [1.54, 1.807) is 6.92 Å². The van der Waals surface area contributed by atoms with Crippen molar-refractivity contribution in [1.82, 2.24) is 0 Å². The van der Waals surface area contributed by atoms with Gasteiger partial charge < -0.3 is 39.7 Å². The summed E-state index contributed by atoms with van der Waals surface area (Å²) in [5.41, 5.74) is -0.283. The Morgan fingerprint density at radius 3 is 2.60 bits per heavy atom. The SMILES string of the molecule is C=C1CC2OC(=O)C(C)C2CC2C1C(OC1OC(CO)C(O)C(O)C1O)CC2(C)O. The van der Waals surface area contributed by atoms with Crippen LogP contribution in [0, 0.1) is 23.7 Å². The van der Waals surface area contributed by atoms with Gasteiger partial charge in [0.1, 0.15) is 30.5 Å². The number of aliphatic hydroxyl groups is 5. The summed E-state index contributed by atoms with van der Waals surface area (Å²) in [4.78, 5) is 12.0. The van der Waals surface area contributed by atoms with Crippen LogP contribution in [0.5, 0.6) is 0 Å². The zero-order valence-electron chi connectivity index (χ0n) is 17.3. The molecule has 4 aliphatic rings. The lowest BCUT2D eigenvalue weighted by Gasteiger charge is -2.41. The summed E-state index contributed by atoms with van der Waals surface area (Å²) in [7, 11) is 0. The van der Waals surface area contributed by atoms with E-state index in [2.05, 4.69) is 6.58 Å². The molecule has 0 spiro atoms. The minimum Gasteiger partial charge on any atom is -0.461 e. The lowest BCUT2D eigenvalue weighted by Crippen LogP contribution is -2.59. The second kappa shape index (κ2) is 7.81. The van der Waals surface area contributed by atoms with E-state index in [9.17, 15) is 30.3 Å². The highest BCUT2D eigenvalue weighted by atomic mass is 16.7. The first-order valence-electron chi connectivity index (χ1n) is 10.6. The molecule has 170 valence electrons. The van der Waals surface area contributed by atoms with Crippen LogP contribution in [-0.2, 0) is 19.0 Å². The molecule has 2 aliphatic heterocycles. The third-order valence-corrected chi connectivity index (χ3v) is 7.62. The normalized spacial score (nSPS) is 53.8. The van der Waals surface area contributed by atoms with Crippen LogP contribution < -0.4 is 0 Å². The fourth-order valence-corrected chi connectivity index (χ4v) is 5.84. The lowest BCUT2D eigenvalue weighted by molar-refractivity contribution is -0.313. The molecule has 12 unspecified atom stereocenters. The molecule has 9 nitrogen and oxygen atoms in total. The summed E-state index contributed by atoms with van der Waals surface area (Å²) in [6.07, 6.45) is -6.34. The van der Waals surface area contributed by atoms with Gasteiger partial charge in [-0.15, -0.1) is 0 Å². The maximum Gasteiger partial charge on any atom is 0.309 e. The van der Waals surface area contributed by atoms with Gasteiger partial charge in [-0.05, 0) is 19.3 Å². The van der Waals surface area contributed by atoms with Gasteiger partial charge >= 0.3 is 5.97 Å². The van der Waals surface area contributed by atoms with Gasteiger partial charge in [-0.3, -0.25) is 4.79 Å². The molecule has 12 atom stereocenters. The standard InChI is InChI=1S/C21H32O9/c1-8-4-12-10(9(2)19(26)28-12)5-11-15(8)13(6-21(11,3)27)29-20-18(25)17(24)16(23)14(7-22)30-20/h9-18,20,22-25,27H,1,4-7H2,2-3H3. The van der Waals surface area contributed by atoms with Crippen molar-refractivity contribution in [2.75, 3.05) is 6.61 Å². The number of carbonyl (C=O) groups excluding carboxylic acids is 1. The average Bonchev–Trinajstić information content (AvgIpc) is 3.01. The lowest BCUT2D eigenvalue weighted by atomic mass is 9.77. The highest BCUT2D eigenvalue weighted by Gasteiger charge is 2.58. The molecule has 0 aromatic heterocycles. The van der Waals surface area contributed by atoms with Crippen LogP contribution in [0.2, 0.25) is 0 Å². The van der Waals surface area contributed by atoms with E-state index >= 15 is 0 Å². The summed E-state index contributed by atoms with van der Waals surface area (Å²) < 4.78 is 17.1. The molecule has 0 amide bonds. The quantitative estimate of drug-likeness (QED) is 0.285. The molecule has 2 aliphatic carbocycles. The third-order valence-electron chi connectivity index (χ3n) is 7.62. The summed E-state index contributed by atoms with van der Waals surface area (Å²) in [5.74, 6) is -0.941. The molecule has 0 bridgehead atoms. The topological polar surface area (TPSA) is 146 Å². The van der Waals surface area contributed by atoms with Gasteiger partial charge in [-0.25, -0.2) is 0 Å². The van der Waals surface area contributed by atoms with Gasteiger partial charge in [0.15, 0.2) is 6.29 Å². The molecule has 5 N–H and O–H groups in total. The van der Waals surface area contributed by atoms with Crippen molar-refractivity contribution in [3.05, 3.63) is 12.2 Å². The van der Waals surface area contributed by atoms with Gasteiger partial charge in [-0.2, -0.15) is 0 Å². The Morgan fingerprint density at radius 2 is 1.93 bits per heavy atom. The minimum absolute atomic E-state index is 0.0123. The minimum atomic E-state index is -1.53. The fraction of sp³-hybridized carbons (Fsp3) is 0.857. The first-order valence-corrected chi connectivity index (χ1v) is 10.6. The maximum absolute atomic E-state index is 12.0. The van der Waals surface area contributed by atoms with Crippen LogP contribution in [-0.4, -0.2) is 86.6 Å². The molecule has 4 fully saturated rings. The fourth-order valence-electron chi connectivity index (χ4n) is 5.84. The van der Waals surface area contributed by atoms with Crippen molar-refractivity contribution in [3.63, 3.8) is 0 Å². The number of aliphatic hydroxyl groups excluding tert-OH is 4. The number of hydrogen-bond donors (Lipinski definition) is 5. The molecule has 4 rings (SSSR count). The monoisotopic (exact) mass is 428 g/mol. The summed E-state index contributed by atoms with van der Waals surface area (Å²) in [6.45, 7) is 7.24. The zero-order valence-corrected chi connectivity index (χ0v) is 17.3. The zero-order chi connectivity index (χ0) is 22.0.